The first-order valence-corrected chi connectivity index (χ1v) is 14.2. The first kappa shape index (κ1) is 27.7. The van der Waals surface area contributed by atoms with Crippen molar-refractivity contribution < 1.29 is 13.6 Å². The largest absolute Gasteiger partial charge is 0.448 e. The van der Waals surface area contributed by atoms with Crippen LogP contribution in [-0.2, 0) is 6.54 Å². The molecule has 1 unspecified atom stereocenters. The van der Waals surface area contributed by atoms with Gasteiger partial charge in [0.2, 0.25) is 5.58 Å². The monoisotopic (exact) mass is 621 g/mol. The van der Waals surface area contributed by atoms with Gasteiger partial charge >= 0.3 is 0 Å². The average Bonchev–Trinajstić information content (AvgIpc) is 3.54. The lowest BCUT2D eigenvalue weighted by Gasteiger charge is -2.35. The van der Waals surface area contributed by atoms with Gasteiger partial charge < -0.3 is 15.1 Å². The van der Waals surface area contributed by atoms with E-state index in [9.17, 15) is 19.2 Å². The fraction of sp³-hybridized carbons (Fsp3) is 0.241. The number of fused-ring (bicyclic) bond motifs is 3. The number of carbonyl (C=O) groups is 1. The Morgan fingerprint density at radius 1 is 1.23 bits per heavy atom. The number of aromatic nitrogens is 2. The van der Waals surface area contributed by atoms with Gasteiger partial charge in [-0.2, -0.15) is 5.26 Å². The molecule has 3 heterocycles. The van der Waals surface area contributed by atoms with Crippen molar-refractivity contribution in [1.82, 2.24) is 14.5 Å². The van der Waals surface area contributed by atoms with E-state index in [1.807, 2.05) is 13.8 Å². The third-order valence-corrected chi connectivity index (χ3v) is 8.11. The molecule has 0 fully saturated rings. The predicted molar refractivity (Wildman–Crippen MR) is 156 cm³/mol. The van der Waals surface area contributed by atoms with E-state index in [0.717, 1.165) is 9.35 Å². The molecule has 0 saturated carbocycles. The molecule has 0 radical (unpaired) electrons. The van der Waals surface area contributed by atoms with Crippen molar-refractivity contribution in [1.29, 1.82) is 5.26 Å². The summed E-state index contributed by atoms with van der Waals surface area (Å²) in [5, 5.41) is 9.70. The molecule has 5 rings (SSSR count). The van der Waals surface area contributed by atoms with Crippen LogP contribution in [0.4, 0.5) is 4.39 Å². The lowest BCUT2D eigenvalue weighted by molar-refractivity contribution is 0.0612. The molecule has 5 aromatic rings. The van der Waals surface area contributed by atoms with E-state index in [-0.39, 0.29) is 42.6 Å². The number of rotatable bonds is 8. The third kappa shape index (κ3) is 5.18. The average molecular weight is 623 g/mol. The number of thiophene rings is 1. The molecule has 3 aromatic heterocycles. The summed E-state index contributed by atoms with van der Waals surface area (Å²) < 4.78 is 22.4. The number of carbonyl (C=O) groups excluding carboxylic acids is 1. The highest BCUT2D eigenvalue weighted by atomic mass is 79.9. The smallest absolute Gasteiger partial charge is 0.297 e. The van der Waals surface area contributed by atoms with Gasteiger partial charge in [-0.15, -0.1) is 11.3 Å². The summed E-state index contributed by atoms with van der Waals surface area (Å²) >= 11 is 4.67. The Morgan fingerprint density at radius 3 is 2.62 bits per heavy atom. The highest BCUT2D eigenvalue weighted by Crippen LogP contribution is 2.33. The summed E-state index contributed by atoms with van der Waals surface area (Å²) in [4.78, 5) is 35.7. The van der Waals surface area contributed by atoms with Crippen molar-refractivity contribution in [3.05, 3.63) is 96.4 Å². The van der Waals surface area contributed by atoms with Crippen LogP contribution >= 0.6 is 27.3 Å². The molecule has 0 spiro atoms. The van der Waals surface area contributed by atoms with Gasteiger partial charge in [-0.3, -0.25) is 14.2 Å². The quantitative estimate of drug-likeness (QED) is 0.233. The Kier molecular flexibility index (Phi) is 7.85. The van der Waals surface area contributed by atoms with Crippen molar-refractivity contribution in [2.45, 2.75) is 26.4 Å². The van der Waals surface area contributed by atoms with Gasteiger partial charge in [0.25, 0.3) is 11.5 Å². The van der Waals surface area contributed by atoms with Gasteiger partial charge in [-0.25, -0.2) is 9.37 Å². The molecular formula is C29H25BrFN5O3S. The summed E-state index contributed by atoms with van der Waals surface area (Å²) in [6, 6.07) is 16.0. The van der Waals surface area contributed by atoms with E-state index in [1.54, 1.807) is 41.3 Å². The maximum Gasteiger partial charge on any atom is 0.297 e. The Hall–Kier alpha value is -3.85. The van der Waals surface area contributed by atoms with E-state index in [4.69, 9.17) is 15.1 Å². The summed E-state index contributed by atoms with van der Waals surface area (Å²) in [5.74, 6) is -0.607. The minimum absolute atomic E-state index is 0.00599. The van der Waals surface area contributed by atoms with E-state index in [1.165, 1.54) is 34.1 Å². The lowest BCUT2D eigenvalue weighted by Crippen LogP contribution is -2.43. The topological polar surface area (TPSA) is 118 Å². The van der Waals surface area contributed by atoms with Gasteiger partial charge in [0, 0.05) is 33.4 Å². The Morgan fingerprint density at radius 2 is 1.98 bits per heavy atom. The molecule has 11 heteroatoms. The normalized spacial score (nSPS) is 12.2. The second-order valence-corrected chi connectivity index (χ2v) is 11.7. The number of amides is 1. The molecule has 0 aliphatic heterocycles. The van der Waals surface area contributed by atoms with Crippen molar-refractivity contribution >= 4 is 55.2 Å². The van der Waals surface area contributed by atoms with E-state index < -0.39 is 17.4 Å². The molecule has 204 valence electrons. The fourth-order valence-electron chi connectivity index (χ4n) is 4.83. The molecule has 8 nitrogen and oxygen atoms in total. The third-order valence-electron chi connectivity index (χ3n) is 6.61. The first-order valence-electron chi connectivity index (χ1n) is 12.6. The zero-order valence-electron chi connectivity index (χ0n) is 21.7. The van der Waals surface area contributed by atoms with Crippen molar-refractivity contribution in [2.75, 3.05) is 13.1 Å². The van der Waals surface area contributed by atoms with Crippen LogP contribution in [0.5, 0.6) is 0 Å². The fourth-order valence-corrected chi connectivity index (χ4v) is 5.89. The molecule has 0 aliphatic rings. The molecule has 0 bridgehead atoms. The zero-order valence-corrected chi connectivity index (χ0v) is 24.1. The van der Waals surface area contributed by atoms with Crippen LogP contribution in [0.15, 0.2) is 68.3 Å². The van der Waals surface area contributed by atoms with Crippen LogP contribution in [0, 0.1) is 23.1 Å². The first-order chi connectivity index (χ1) is 19.2. The van der Waals surface area contributed by atoms with Crippen molar-refractivity contribution in [3.8, 4) is 6.07 Å². The minimum Gasteiger partial charge on any atom is -0.448 e. The Labute approximate surface area is 241 Å². The van der Waals surface area contributed by atoms with E-state index >= 15 is 0 Å². The van der Waals surface area contributed by atoms with Crippen molar-refractivity contribution in [3.63, 3.8) is 0 Å². The number of hydrogen-bond donors (Lipinski definition) is 1. The number of halogens is 2. The van der Waals surface area contributed by atoms with Crippen LogP contribution in [0.1, 0.15) is 45.8 Å². The standard InChI is InChI=1S/C29H25BrFN5O3S/c1-16(2)25(35(12-11-32)28(37)17-3-5-18(30)6-4-17)27-34-24-22-13-19(31)7-10-23(22)39-26(24)29(38)36(27)15-21-9-8-20(14-33)40-21/h3-10,13,16,25H,11-12,15,32H2,1-2H3. The van der Waals surface area contributed by atoms with Crippen LogP contribution in [0.3, 0.4) is 0 Å². The molecule has 1 amide bonds. The second kappa shape index (κ2) is 11.3. The molecule has 2 aromatic carbocycles. The molecular weight excluding hydrogens is 597 g/mol. The maximum absolute atomic E-state index is 14.2. The molecule has 40 heavy (non-hydrogen) atoms. The number of hydrogen-bond acceptors (Lipinski definition) is 7. The molecule has 0 saturated heterocycles. The van der Waals surface area contributed by atoms with Crippen LogP contribution in [0.2, 0.25) is 0 Å². The van der Waals surface area contributed by atoms with Gasteiger partial charge in [-0.1, -0.05) is 29.8 Å². The molecule has 0 aliphatic carbocycles. The van der Waals surface area contributed by atoms with Crippen LogP contribution in [0.25, 0.3) is 22.1 Å². The number of furan rings is 1. The number of nitriles is 1. The van der Waals surface area contributed by atoms with Gasteiger partial charge in [0.1, 0.15) is 33.7 Å². The SMILES string of the molecule is CC(C)C(c1nc2c(oc3ccc(F)cc32)c(=O)n1Cc1ccc(C#N)s1)N(CCN)C(=O)c1ccc(Br)cc1. The summed E-state index contributed by atoms with van der Waals surface area (Å²) in [6.07, 6.45) is 0. The zero-order chi connectivity index (χ0) is 28.6. The summed E-state index contributed by atoms with van der Waals surface area (Å²) in [6.45, 7) is 4.39. The highest BCUT2D eigenvalue weighted by molar-refractivity contribution is 9.10. The minimum atomic E-state index is -0.661. The van der Waals surface area contributed by atoms with Gasteiger partial charge in [-0.05, 0) is 60.5 Å². The van der Waals surface area contributed by atoms with Crippen LogP contribution < -0.4 is 11.3 Å². The summed E-state index contributed by atoms with van der Waals surface area (Å²) in [5.41, 5.74) is 6.54. The van der Waals surface area contributed by atoms with Gasteiger partial charge in [0.05, 0.1) is 12.6 Å². The van der Waals surface area contributed by atoms with Gasteiger partial charge in [0.15, 0.2) is 0 Å². The predicted octanol–water partition coefficient (Wildman–Crippen LogP) is 5.82. The second-order valence-electron chi connectivity index (χ2n) is 9.64. The number of benzene rings is 2. The Bertz CT molecular complexity index is 1820. The number of nitrogens with two attached hydrogens (primary N) is 1. The summed E-state index contributed by atoms with van der Waals surface area (Å²) in [7, 11) is 0. The molecule has 2 N–H and O–H groups in total. The van der Waals surface area contributed by atoms with E-state index in [0.29, 0.717) is 27.2 Å². The van der Waals surface area contributed by atoms with E-state index in [2.05, 4.69) is 22.0 Å². The number of nitrogens with zero attached hydrogens (tertiary/aromatic N) is 4. The Balaban J connectivity index is 1.76. The maximum atomic E-state index is 14.2. The highest BCUT2D eigenvalue weighted by Gasteiger charge is 2.33. The van der Waals surface area contributed by atoms with Crippen molar-refractivity contribution in [2.24, 2.45) is 11.7 Å². The lowest BCUT2D eigenvalue weighted by atomic mass is 9.99. The molecule has 1 atom stereocenters. The van der Waals surface area contributed by atoms with Crippen LogP contribution in [-0.4, -0.2) is 33.4 Å².